The molecule has 0 saturated heterocycles. The molecule has 0 spiro atoms. The number of carbonyl (C=O) groups is 1. The molecule has 1 aliphatic carbocycles. The van der Waals surface area contributed by atoms with Crippen LogP contribution in [0.15, 0.2) is 12.1 Å². The lowest BCUT2D eigenvalue weighted by atomic mass is 9.80. The minimum absolute atomic E-state index is 0.00453. The molecular weight excluding hydrogens is 284 g/mol. The first-order valence-electron chi connectivity index (χ1n) is 7.57. The number of benzene rings is 1. The Morgan fingerprint density at radius 3 is 2.55 bits per heavy atom. The monoisotopic (exact) mass is 306 g/mol. The summed E-state index contributed by atoms with van der Waals surface area (Å²) in [5.74, 6) is 1.26. The number of Topliss-reactive ketones (excluding diaryl/α,β-unsaturated/α-hetero) is 1. The smallest absolute Gasteiger partial charge is 0.293 e. The Morgan fingerprint density at radius 2 is 2.00 bits per heavy atom. The van der Waals surface area contributed by atoms with E-state index in [1.807, 2.05) is 0 Å². The number of nitrogens with two attached hydrogens (primary N) is 1. The minimum Gasteiger partial charge on any atom is -0.496 e. The van der Waals surface area contributed by atoms with E-state index in [2.05, 4.69) is 6.92 Å². The molecule has 0 amide bonds. The normalized spacial score (nSPS) is 21.4. The topological polar surface area (TPSA) is 95.5 Å². The van der Waals surface area contributed by atoms with Gasteiger partial charge in [-0.05, 0) is 24.7 Å². The number of hydrogen-bond donors (Lipinski definition) is 1. The van der Waals surface area contributed by atoms with Gasteiger partial charge in [0.25, 0.3) is 5.69 Å². The first kappa shape index (κ1) is 16.3. The lowest BCUT2D eigenvalue weighted by Crippen LogP contribution is -2.16. The number of rotatable bonds is 5. The summed E-state index contributed by atoms with van der Waals surface area (Å²) in [7, 11) is 1.43. The molecule has 22 heavy (non-hydrogen) atoms. The van der Waals surface area contributed by atoms with Crippen molar-refractivity contribution in [2.24, 2.45) is 11.8 Å². The van der Waals surface area contributed by atoms with Gasteiger partial charge >= 0.3 is 0 Å². The van der Waals surface area contributed by atoms with E-state index in [9.17, 15) is 14.9 Å². The Bertz CT molecular complexity index is 578. The van der Waals surface area contributed by atoms with Gasteiger partial charge in [-0.1, -0.05) is 19.8 Å². The van der Waals surface area contributed by atoms with Gasteiger partial charge in [0, 0.05) is 18.6 Å². The Morgan fingerprint density at radius 1 is 1.36 bits per heavy atom. The molecule has 1 aromatic rings. The number of methoxy groups -OCH3 is 1. The third-order valence-corrected chi connectivity index (χ3v) is 4.46. The van der Waals surface area contributed by atoms with Crippen LogP contribution in [0.5, 0.6) is 5.75 Å². The second kappa shape index (κ2) is 6.77. The molecule has 0 aromatic heterocycles. The van der Waals surface area contributed by atoms with Crippen molar-refractivity contribution in [3.63, 3.8) is 0 Å². The van der Waals surface area contributed by atoms with Crippen molar-refractivity contribution >= 4 is 17.2 Å². The van der Waals surface area contributed by atoms with Gasteiger partial charge in [0.15, 0.2) is 5.78 Å². The lowest BCUT2D eigenvalue weighted by Gasteiger charge is -2.25. The summed E-state index contributed by atoms with van der Waals surface area (Å²) < 4.78 is 5.16. The first-order chi connectivity index (χ1) is 10.4. The maximum atomic E-state index is 12.5. The van der Waals surface area contributed by atoms with E-state index in [4.69, 9.17) is 10.5 Å². The number of anilines is 1. The molecular formula is C16H22N2O4. The summed E-state index contributed by atoms with van der Waals surface area (Å²) in [6, 6.07) is 2.59. The van der Waals surface area contributed by atoms with Gasteiger partial charge in [-0.2, -0.15) is 0 Å². The molecule has 120 valence electrons. The highest BCUT2D eigenvalue weighted by Crippen LogP contribution is 2.35. The summed E-state index contributed by atoms with van der Waals surface area (Å²) in [5, 5.41) is 11.0. The second-order valence-electron chi connectivity index (χ2n) is 6.12. The van der Waals surface area contributed by atoms with E-state index in [1.165, 1.54) is 19.2 Å². The van der Waals surface area contributed by atoms with Crippen molar-refractivity contribution in [2.45, 2.75) is 39.0 Å². The third kappa shape index (κ3) is 3.55. The average Bonchev–Trinajstić information content (AvgIpc) is 2.48. The quantitative estimate of drug-likeness (QED) is 0.388. The fraction of sp³-hybridized carbons (Fsp3) is 0.562. The maximum Gasteiger partial charge on any atom is 0.293 e. The molecule has 0 bridgehead atoms. The van der Waals surface area contributed by atoms with Gasteiger partial charge in [-0.25, -0.2) is 0 Å². The number of nitro groups is 1. The van der Waals surface area contributed by atoms with Crippen molar-refractivity contribution in [3.05, 3.63) is 27.8 Å². The van der Waals surface area contributed by atoms with Crippen LogP contribution in [-0.2, 0) is 0 Å². The van der Waals surface area contributed by atoms with Gasteiger partial charge in [-0.3, -0.25) is 14.9 Å². The molecule has 6 nitrogen and oxygen atoms in total. The van der Waals surface area contributed by atoms with Crippen molar-refractivity contribution in [1.82, 2.24) is 0 Å². The third-order valence-electron chi connectivity index (χ3n) is 4.46. The first-order valence-corrected chi connectivity index (χ1v) is 7.57. The highest BCUT2D eigenvalue weighted by Gasteiger charge is 2.25. The van der Waals surface area contributed by atoms with Crippen LogP contribution in [0.2, 0.25) is 0 Å². The zero-order valence-corrected chi connectivity index (χ0v) is 13.0. The van der Waals surface area contributed by atoms with Gasteiger partial charge in [-0.15, -0.1) is 0 Å². The van der Waals surface area contributed by atoms with Crippen molar-refractivity contribution < 1.29 is 14.5 Å². The zero-order valence-electron chi connectivity index (χ0n) is 13.0. The minimum atomic E-state index is -0.576. The second-order valence-corrected chi connectivity index (χ2v) is 6.12. The molecule has 0 atom stereocenters. The van der Waals surface area contributed by atoms with Crippen molar-refractivity contribution in [2.75, 3.05) is 12.8 Å². The summed E-state index contributed by atoms with van der Waals surface area (Å²) in [6.45, 7) is 2.23. The molecule has 2 rings (SSSR count). The Hall–Kier alpha value is -2.11. The average molecular weight is 306 g/mol. The number of ketones is 1. The highest BCUT2D eigenvalue weighted by atomic mass is 16.6. The predicted octanol–water partition coefficient (Wildman–Crippen LogP) is 3.58. The largest absolute Gasteiger partial charge is 0.496 e. The van der Waals surface area contributed by atoms with E-state index in [0.717, 1.165) is 31.6 Å². The van der Waals surface area contributed by atoms with E-state index in [1.54, 1.807) is 0 Å². The fourth-order valence-electron chi connectivity index (χ4n) is 3.03. The van der Waals surface area contributed by atoms with Crippen LogP contribution in [0.25, 0.3) is 0 Å². The molecule has 1 aliphatic rings. The number of nitro benzene ring substituents is 1. The molecule has 0 aliphatic heterocycles. The van der Waals surface area contributed by atoms with Gasteiger partial charge in [0.1, 0.15) is 11.4 Å². The molecule has 1 saturated carbocycles. The summed E-state index contributed by atoms with van der Waals surface area (Å²) in [6.07, 6.45) is 4.75. The molecule has 6 heteroatoms. The molecule has 1 fully saturated rings. The van der Waals surface area contributed by atoms with Crippen LogP contribution in [0, 0.1) is 22.0 Å². The van der Waals surface area contributed by atoms with Crippen molar-refractivity contribution in [3.8, 4) is 5.75 Å². The van der Waals surface area contributed by atoms with Gasteiger partial charge in [0.2, 0.25) is 0 Å². The Balaban J connectivity index is 2.20. The van der Waals surface area contributed by atoms with Crippen LogP contribution in [-0.4, -0.2) is 17.8 Å². The number of nitrogens with zero attached hydrogens (tertiary/aromatic N) is 1. The van der Waals surface area contributed by atoms with Crippen LogP contribution in [0.1, 0.15) is 49.4 Å². The number of ether oxygens (including phenoxy) is 1. The van der Waals surface area contributed by atoms with Crippen LogP contribution in [0.4, 0.5) is 11.4 Å². The standard InChI is InChI=1S/C16H22N2O4/c1-10-3-5-11(6-4-10)7-15(19)12-8-14(18(20)21)13(17)9-16(12)22-2/h8-11H,3-7,17H2,1-2H3. The zero-order chi connectivity index (χ0) is 16.3. The molecule has 0 unspecified atom stereocenters. The van der Waals surface area contributed by atoms with Crippen molar-refractivity contribution in [1.29, 1.82) is 0 Å². The molecule has 1 aromatic carbocycles. The van der Waals surface area contributed by atoms with E-state index in [0.29, 0.717) is 18.1 Å². The van der Waals surface area contributed by atoms with Crippen LogP contribution >= 0.6 is 0 Å². The Kier molecular flexibility index (Phi) is 5.00. The fourth-order valence-corrected chi connectivity index (χ4v) is 3.03. The maximum absolute atomic E-state index is 12.5. The van der Waals surface area contributed by atoms with E-state index >= 15 is 0 Å². The molecule has 0 radical (unpaired) electrons. The van der Waals surface area contributed by atoms with E-state index in [-0.39, 0.29) is 22.7 Å². The van der Waals surface area contributed by atoms with Crippen LogP contribution in [0.3, 0.4) is 0 Å². The summed E-state index contributed by atoms with van der Waals surface area (Å²) in [5.41, 5.74) is 5.64. The number of hydrogen-bond acceptors (Lipinski definition) is 5. The van der Waals surface area contributed by atoms with Gasteiger partial charge < -0.3 is 10.5 Å². The number of carbonyl (C=O) groups excluding carboxylic acids is 1. The molecule has 0 heterocycles. The lowest BCUT2D eigenvalue weighted by molar-refractivity contribution is -0.383. The summed E-state index contributed by atoms with van der Waals surface area (Å²) in [4.78, 5) is 22.9. The number of nitrogen functional groups attached to an aromatic ring is 1. The highest BCUT2D eigenvalue weighted by molar-refractivity contribution is 6.00. The van der Waals surface area contributed by atoms with Gasteiger partial charge in [0.05, 0.1) is 17.6 Å². The Labute approximate surface area is 129 Å². The van der Waals surface area contributed by atoms with E-state index < -0.39 is 4.92 Å². The van der Waals surface area contributed by atoms with Crippen LogP contribution < -0.4 is 10.5 Å². The SMILES string of the molecule is COc1cc(N)c([N+](=O)[O-])cc1C(=O)CC1CCC(C)CC1. The summed E-state index contributed by atoms with van der Waals surface area (Å²) >= 11 is 0. The predicted molar refractivity (Wildman–Crippen MR) is 84.1 cm³/mol. The molecule has 2 N–H and O–H groups in total.